The minimum Gasteiger partial charge on any atom is -0.481 e. The molecule has 0 amide bonds. The van der Waals surface area contributed by atoms with Crippen LogP contribution in [0.5, 0.6) is 5.88 Å². The van der Waals surface area contributed by atoms with Crippen molar-refractivity contribution in [1.82, 2.24) is 19.7 Å². The zero-order valence-electron chi connectivity index (χ0n) is 17.3. The Labute approximate surface area is 172 Å². The average molecular weight is 406 g/mol. The largest absolute Gasteiger partial charge is 0.481 e. The average Bonchev–Trinajstić information content (AvgIpc) is 3.38. The number of methoxy groups -OCH3 is 1. The van der Waals surface area contributed by atoms with E-state index in [0.717, 1.165) is 31.2 Å². The van der Waals surface area contributed by atoms with Gasteiger partial charge in [0.2, 0.25) is 5.88 Å². The molecule has 1 aromatic carbocycles. The summed E-state index contributed by atoms with van der Waals surface area (Å²) in [6.07, 6.45) is 5.95. The van der Waals surface area contributed by atoms with E-state index >= 15 is 4.39 Å². The predicted octanol–water partition coefficient (Wildman–Crippen LogP) is 4.82. The number of hydrogen-bond donors (Lipinski definition) is 1. The number of fused-ring (bicyclic) bond motifs is 3. The number of nitrogens with zero attached hydrogens (tertiary/aromatic N) is 3. The van der Waals surface area contributed by atoms with Crippen molar-refractivity contribution in [3.63, 3.8) is 0 Å². The number of rotatable bonds is 3. The van der Waals surface area contributed by atoms with Crippen LogP contribution in [0.25, 0.3) is 32.9 Å². The van der Waals surface area contributed by atoms with Crippen LogP contribution in [-0.2, 0) is 0 Å². The molecule has 1 fully saturated rings. The minimum absolute atomic E-state index is 0.208. The summed E-state index contributed by atoms with van der Waals surface area (Å²) in [4.78, 5) is 20.1. The topological polar surface area (TPSA) is 72.8 Å². The summed E-state index contributed by atoms with van der Waals surface area (Å²) in [5.41, 5.74) is 3.75. The summed E-state index contributed by atoms with van der Waals surface area (Å²) in [6.45, 7) is 3.73. The SMILES string of the molecule is COc1cc(C)c(-c2cc3[nH]c(=O)c4cnn(C5CCCC5)c4c3cc2F)c(C)n1. The second-order valence-electron chi connectivity index (χ2n) is 8.06. The van der Waals surface area contributed by atoms with Gasteiger partial charge in [-0.15, -0.1) is 0 Å². The van der Waals surface area contributed by atoms with Gasteiger partial charge in [0.1, 0.15) is 5.82 Å². The number of ether oxygens (including phenoxy) is 1. The third-order valence-corrected chi connectivity index (χ3v) is 6.17. The van der Waals surface area contributed by atoms with E-state index in [0.29, 0.717) is 44.5 Å². The number of nitrogens with one attached hydrogen (secondary N) is 1. The maximum Gasteiger partial charge on any atom is 0.259 e. The van der Waals surface area contributed by atoms with E-state index < -0.39 is 0 Å². The van der Waals surface area contributed by atoms with Crippen LogP contribution in [0.3, 0.4) is 0 Å². The van der Waals surface area contributed by atoms with E-state index in [1.165, 1.54) is 6.07 Å². The quantitative estimate of drug-likeness (QED) is 0.529. The highest BCUT2D eigenvalue weighted by atomic mass is 19.1. The highest BCUT2D eigenvalue weighted by Crippen LogP contribution is 2.36. The van der Waals surface area contributed by atoms with E-state index in [-0.39, 0.29) is 17.4 Å². The molecule has 3 aromatic heterocycles. The van der Waals surface area contributed by atoms with Crippen LogP contribution < -0.4 is 10.3 Å². The lowest BCUT2D eigenvalue weighted by Crippen LogP contribution is -2.10. The first-order chi connectivity index (χ1) is 14.5. The molecule has 1 saturated carbocycles. The third kappa shape index (κ3) is 2.80. The highest BCUT2D eigenvalue weighted by Gasteiger charge is 2.23. The van der Waals surface area contributed by atoms with E-state index in [4.69, 9.17) is 4.74 Å². The summed E-state index contributed by atoms with van der Waals surface area (Å²) in [7, 11) is 1.56. The maximum atomic E-state index is 15.4. The number of halogens is 1. The normalized spacial score (nSPS) is 14.8. The second-order valence-corrected chi connectivity index (χ2v) is 8.06. The third-order valence-electron chi connectivity index (χ3n) is 6.17. The van der Waals surface area contributed by atoms with Crippen LogP contribution in [-0.4, -0.2) is 26.9 Å². The molecule has 154 valence electrons. The molecule has 0 radical (unpaired) electrons. The van der Waals surface area contributed by atoms with Crippen molar-refractivity contribution in [3.8, 4) is 17.0 Å². The molecule has 6 nitrogen and oxygen atoms in total. The lowest BCUT2D eigenvalue weighted by atomic mass is 9.97. The van der Waals surface area contributed by atoms with E-state index in [1.54, 1.807) is 25.4 Å². The first kappa shape index (κ1) is 18.8. The molecule has 4 aromatic rings. The van der Waals surface area contributed by atoms with Crippen LogP contribution in [0.2, 0.25) is 0 Å². The van der Waals surface area contributed by atoms with Gasteiger partial charge in [0.15, 0.2) is 0 Å². The summed E-state index contributed by atoms with van der Waals surface area (Å²) in [5, 5.41) is 5.67. The van der Waals surface area contributed by atoms with E-state index in [1.807, 2.05) is 18.5 Å². The van der Waals surface area contributed by atoms with Crippen LogP contribution in [0.15, 0.2) is 29.2 Å². The van der Waals surface area contributed by atoms with Crippen molar-refractivity contribution in [1.29, 1.82) is 0 Å². The fraction of sp³-hybridized carbons (Fsp3) is 0.348. The summed E-state index contributed by atoms with van der Waals surface area (Å²) in [5.74, 6) is 0.138. The van der Waals surface area contributed by atoms with Crippen molar-refractivity contribution in [2.24, 2.45) is 0 Å². The Morgan fingerprint density at radius 1 is 1.17 bits per heavy atom. The summed E-state index contributed by atoms with van der Waals surface area (Å²) < 4.78 is 22.6. The molecule has 30 heavy (non-hydrogen) atoms. The van der Waals surface area contributed by atoms with Crippen molar-refractivity contribution in [2.45, 2.75) is 45.6 Å². The zero-order chi connectivity index (χ0) is 21.0. The van der Waals surface area contributed by atoms with Gasteiger partial charge in [-0.05, 0) is 44.4 Å². The Bertz CT molecular complexity index is 1330. The molecule has 0 aliphatic heterocycles. The highest BCUT2D eigenvalue weighted by molar-refractivity contribution is 6.04. The van der Waals surface area contributed by atoms with Crippen molar-refractivity contribution in [2.75, 3.05) is 7.11 Å². The number of aromatic nitrogens is 4. The Kier molecular flexibility index (Phi) is 4.34. The fourth-order valence-electron chi connectivity index (χ4n) is 4.78. The molecule has 0 unspecified atom stereocenters. The predicted molar refractivity (Wildman–Crippen MR) is 115 cm³/mol. The molecule has 5 rings (SSSR count). The number of pyridine rings is 2. The molecular weight excluding hydrogens is 383 g/mol. The van der Waals surface area contributed by atoms with E-state index in [2.05, 4.69) is 15.1 Å². The molecule has 7 heteroatoms. The fourth-order valence-corrected chi connectivity index (χ4v) is 4.78. The summed E-state index contributed by atoms with van der Waals surface area (Å²) >= 11 is 0. The van der Waals surface area contributed by atoms with Gasteiger partial charge in [-0.1, -0.05) is 12.8 Å². The Hall–Kier alpha value is -3.22. The number of aryl methyl sites for hydroxylation is 2. The monoisotopic (exact) mass is 406 g/mol. The lowest BCUT2D eigenvalue weighted by Gasteiger charge is -2.15. The standard InChI is InChI=1S/C23H23FN4O2/c1-12-8-20(30-3)26-13(2)21(12)15-10-19-16(9-18(15)24)22-17(23(29)27-19)11-25-28(22)14-6-4-5-7-14/h8-11,14H,4-7H2,1-3H3,(H,27,29). The van der Waals surface area contributed by atoms with Crippen LogP contribution in [0.4, 0.5) is 4.39 Å². The first-order valence-electron chi connectivity index (χ1n) is 10.2. The lowest BCUT2D eigenvalue weighted by molar-refractivity contribution is 0.396. The van der Waals surface area contributed by atoms with Gasteiger partial charge in [0.25, 0.3) is 5.56 Å². The van der Waals surface area contributed by atoms with Gasteiger partial charge < -0.3 is 9.72 Å². The van der Waals surface area contributed by atoms with Gasteiger partial charge in [-0.25, -0.2) is 9.37 Å². The minimum atomic E-state index is -0.354. The smallest absolute Gasteiger partial charge is 0.259 e. The van der Waals surface area contributed by atoms with Gasteiger partial charge >= 0.3 is 0 Å². The number of benzene rings is 1. The molecule has 0 spiro atoms. The number of aromatic amines is 1. The van der Waals surface area contributed by atoms with Gasteiger partial charge in [0, 0.05) is 28.3 Å². The molecule has 0 saturated heterocycles. The van der Waals surface area contributed by atoms with Crippen molar-refractivity contribution >= 4 is 21.8 Å². The maximum absolute atomic E-state index is 15.4. The second kappa shape index (κ2) is 6.93. The molecule has 1 aliphatic rings. The van der Waals surface area contributed by atoms with Crippen LogP contribution >= 0.6 is 0 Å². The van der Waals surface area contributed by atoms with Crippen molar-refractivity contribution < 1.29 is 9.13 Å². The number of hydrogen-bond acceptors (Lipinski definition) is 4. The molecule has 0 bridgehead atoms. The number of H-pyrrole nitrogens is 1. The van der Waals surface area contributed by atoms with E-state index in [9.17, 15) is 4.79 Å². The molecule has 1 aliphatic carbocycles. The van der Waals surface area contributed by atoms with Crippen LogP contribution in [0.1, 0.15) is 43.0 Å². The zero-order valence-corrected chi connectivity index (χ0v) is 17.3. The Morgan fingerprint density at radius 2 is 1.93 bits per heavy atom. The molecular formula is C23H23FN4O2. The van der Waals surface area contributed by atoms with Crippen molar-refractivity contribution in [3.05, 3.63) is 51.8 Å². The summed E-state index contributed by atoms with van der Waals surface area (Å²) in [6, 6.07) is 5.26. The molecule has 3 heterocycles. The molecule has 1 N–H and O–H groups in total. The Morgan fingerprint density at radius 3 is 2.63 bits per heavy atom. The van der Waals surface area contributed by atoms with Crippen LogP contribution in [0, 0.1) is 19.7 Å². The Balaban J connectivity index is 1.79. The first-order valence-corrected chi connectivity index (χ1v) is 10.2. The van der Waals surface area contributed by atoms with Gasteiger partial charge in [0.05, 0.1) is 35.8 Å². The van der Waals surface area contributed by atoms with Gasteiger partial charge in [-0.2, -0.15) is 5.10 Å². The van der Waals surface area contributed by atoms with Gasteiger partial charge in [-0.3, -0.25) is 9.48 Å². The molecule has 0 atom stereocenters.